The topological polar surface area (TPSA) is 125 Å². The lowest BCUT2D eigenvalue weighted by Crippen LogP contribution is -2.34. The number of amides is 1. The molecule has 1 aromatic heterocycles. The summed E-state index contributed by atoms with van der Waals surface area (Å²) in [4.78, 5) is 15.3. The highest BCUT2D eigenvalue weighted by Crippen LogP contribution is 2.42. The Morgan fingerprint density at radius 3 is 2.59 bits per heavy atom. The van der Waals surface area contributed by atoms with Crippen LogP contribution in [0, 0.1) is 11.7 Å². The average Bonchev–Trinajstić information content (AvgIpc) is 3.12. The number of aliphatic hydroxyl groups is 1. The van der Waals surface area contributed by atoms with E-state index in [-0.39, 0.29) is 27.6 Å². The first-order valence-corrected chi connectivity index (χ1v) is 12.5. The molecule has 0 saturated carbocycles. The number of sulfonamides is 1. The second-order valence-corrected chi connectivity index (χ2v) is 11.3. The molecule has 4 rings (SSSR count). The van der Waals surface area contributed by atoms with Gasteiger partial charge in [0.2, 0.25) is 0 Å². The molecule has 0 saturated heterocycles. The zero-order valence-corrected chi connectivity index (χ0v) is 20.1. The van der Waals surface area contributed by atoms with E-state index in [1.165, 1.54) is 13.0 Å². The summed E-state index contributed by atoms with van der Waals surface area (Å²) in [5.74, 6) is -1.33. The fourth-order valence-electron chi connectivity index (χ4n) is 4.62. The Balaban J connectivity index is 1.93. The van der Waals surface area contributed by atoms with Crippen LogP contribution in [0.1, 0.15) is 48.8 Å². The van der Waals surface area contributed by atoms with Gasteiger partial charge in [-0.15, -0.1) is 0 Å². The van der Waals surface area contributed by atoms with E-state index in [9.17, 15) is 18.3 Å². The number of aromatic amines is 1. The smallest absolute Gasteiger partial charge is 0.257 e. The SMILES string of the molecule is C=C(C)S(=O)(=O)Nc1cccc(-c2ccc(C(N)=O)c3[nH]c4c(c23)CCC(C(C)(C)O)C4)c1F. The van der Waals surface area contributed by atoms with Gasteiger partial charge in [-0.05, 0) is 69.2 Å². The molecule has 1 aliphatic carbocycles. The summed E-state index contributed by atoms with van der Waals surface area (Å²) < 4.78 is 42.3. The van der Waals surface area contributed by atoms with Crippen LogP contribution in [0.3, 0.4) is 0 Å². The fourth-order valence-corrected chi connectivity index (χ4v) is 5.25. The number of nitrogens with one attached hydrogen (secondary N) is 2. The number of hydrogen-bond acceptors (Lipinski definition) is 4. The molecule has 7 nitrogen and oxygen atoms in total. The van der Waals surface area contributed by atoms with Gasteiger partial charge in [0.1, 0.15) is 0 Å². The summed E-state index contributed by atoms with van der Waals surface area (Å²) in [6.45, 7) is 8.30. The number of allylic oxidation sites excluding steroid dienone is 1. The second kappa shape index (κ2) is 8.25. The van der Waals surface area contributed by atoms with E-state index < -0.39 is 27.3 Å². The van der Waals surface area contributed by atoms with Crippen molar-refractivity contribution in [3.8, 4) is 11.1 Å². The van der Waals surface area contributed by atoms with Crippen LogP contribution >= 0.6 is 0 Å². The standard InChI is InChI=1S/C25H28FN3O4S/c1-13(2)34(32,33)29-19-7-5-6-16(22(19)26)15-10-11-18(24(27)30)23-21(15)17-9-8-14(25(3,4)31)12-20(17)28-23/h5-7,10-11,14,28-29,31H,1,8-9,12H2,2-4H3,(H2,27,30). The Morgan fingerprint density at radius 1 is 1.26 bits per heavy atom. The Bertz CT molecular complexity index is 1430. The monoisotopic (exact) mass is 485 g/mol. The summed E-state index contributed by atoms with van der Waals surface area (Å²) in [6, 6.07) is 7.64. The number of fused-ring (bicyclic) bond motifs is 3. The number of anilines is 1. The van der Waals surface area contributed by atoms with Crippen molar-refractivity contribution in [3.05, 3.63) is 64.5 Å². The summed E-state index contributed by atoms with van der Waals surface area (Å²) in [5, 5.41) is 11.2. The number of carbonyl (C=O) groups excluding carboxylic acids is 1. The number of nitrogens with two attached hydrogens (primary N) is 1. The molecule has 0 bridgehead atoms. The van der Waals surface area contributed by atoms with Crippen LogP contribution in [-0.4, -0.2) is 30.0 Å². The Labute approximate surface area is 197 Å². The molecule has 0 spiro atoms. The van der Waals surface area contributed by atoms with Crippen LogP contribution in [0.4, 0.5) is 10.1 Å². The molecule has 9 heteroatoms. The predicted molar refractivity (Wildman–Crippen MR) is 131 cm³/mol. The van der Waals surface area contributed by atoms with Gasteiger partial charge in [-0.1, -0.05) is 24.8 Å². The minimum absolute atomic E-state index is 0.0187. The van der Waals surface area contributed by atoms with E-state index in [0.29, 0.717) is 29.3 Å². The number of aromatic nitrogens is 1. The van der Waals surface area contributed by atoms with Gasteiger partial charge in [0.15, 0.2) is 5.82 Å². The van der Waals surface area contributed by atoms with Crippen molar-refractivity contribution in [2.75, 3.05) is 4.72 Å². The van der Waals surface area contributed by atoms with Crippen LogP contribution in [0.15, 0.2) is 41.8 Å². The number of primary amides is 1. The van der Waals surface area contributed by atoms with Crippen molar-refractivity contribution in [1.29, 1.82) is 0 Å². The third kappa shape index (κ3) is 4.10. The van der Waals surface area contributed by atoms with Gasteiger partial charge >= 0.3 is 0 Å². The minimum Gasteiger partial charge on any atom is -0.390 e. The highest BCUT2D eigenvalue weighted by molar-refractivity contribution is 7.96. The maximum Gasteiger partial charge on any atom is 0.257 e. The molecule has 1 atom stereocenters. The molecule has 0 aliphatic heterocycles. The minimum atomic E-state index is -3.93. The first-order valence-electron chi connectivity index (χ1n) is 11.0. The zero-order chi connectivity index (χ0) is 25.0. The summed E-state index contributed by atoms with van der Waals surface area (Å²) in [5.41, 5.74) is 7.88. The van der Waals surface area contributed by atoms with Crippen LogP contribution in [0.25, 0.3) is 22.0 Å². The second-order valence-electron chi connectivity index (χ2n) is 9.43. The van der Waals surface area contributed by atoms with E-state index in [4.69, 9.17) is 5.73 Å². The van der Waals surface area contributed by atoms with Gasteiger partial charge in [0.05, 0.1) is 27.3 Å². The van der Waals surface area contributed by atoms with E-state index in [2.05, 4.69) is 16.3 Å². The number of H-pyrrole nitrogens is 1. The molecule has 2 aromatic carbocycles. The number of benzene rings is 2. The molecule has 1 unspecified atom stereocenters. The van der Waals surface area contributed by atoms with Crippen molar-refractivity contribution in [3.63, 3.8) is 0 Å². The van der Waals surface area contributed by atoms with E-state index in [0.717, 1.165) is 17.7 Å². The van der Waals surface area contributed by atoms with Crippen molar-refractivity contribution in [1.82, 2.24) is 4.98 Å². The molecule has 1 aliphatic rings. The van der Waals surface area contributed by atoms with Crippen LogP contribution in [-0.2, 0) is 22.9 Å². The lowest BCUT2D eigenvalue weighted by Gasteiger charge is -2.32. The number of hydrogen-bond donors (Lipinski definition) is 4. The number of aryl methyl sites for hydroxylation is 1. The highest BCUT2D eigenvalue weighted by atomic mass is 32.2. The van der Waals surface area contributed by atoms with E-state index >= 15 is 4.39 Å². The molecule has 0 radical (unpaired) electrons. The van der Waals surface area contributed by atoms with Crippen molar-refractivity contribution < 1.29 is 22.7 Å². The third-order valence-electron chi connectivity index (χ3n) is 6.60. The maximum absolute atomic E-state index is 15.6. The largest absolute Gasteiger partial charge is 0.390 e. The van der Waals surface area contributed by atoms with Gasteiger partial charge < -0.3 is 15.8 Å². The highest BCUT2D eigenvalue weighted by Gasteiger charge is 2.33. The van der Waals surface area contributed by atoms with Crippen molar-refractivity contribution in [2.24, 2.45) is 11.7 Å². The van der Waals surface area contributed by atoms with Crippen molar-refractivity contribution in [2.45, 2.75) is 45.6 Å². The van der Waals surface area contributed by atoms with Crippen LogP contribution in [0.5, 0.6) is 0 Å². The first-order chi connectivity index (χ1) is 15.8. The third-order valence-corrected chi connectivity index (χ3v) is 8.00. The molecular weight excluding hydrogens is 457 g/mol. The molecule has 1 heterocycles. The fraction of sp³-hybridized carbons (Fsp3) is 0.320. The molecule has 34 heavy (non-hydrogen) atoms. The molecule has 0 fully saturated rings. The summed E-state index contributed by atoms with van der Waals surface area (Å²) in [6.07, 6.45) is 1.93. The van der Waals surface area contributed by atoms with E-state index in [1.807, 2.05) is 0 Å². The van der Waals surface area contributed by atoms with E-state index in [1.54, 1.807) is 38.1 Å². The van der Waals surface area contributed by atoms with Crippen LogP contribution < -0.4 is 10.5 Å². The lowest BCUT2D eigenvalue weighted by molar-refractivity contribution is 0.0107. The molecular formula is C25H28FN3O4S. The molecule has 3 aromatic rings. The summed E-state index contributed by atoms with van der Waals surface area (Å²) in [7, 11) is -3.93. The molecule has 1 amide bonds. The van der Waals surface area contributed by atoms with Gasteiger partial charge in [0.25, 0.3) is 15.9 Å². The van der Waals surface area contributed by atoms with Gasteiger partial charge in [0, 0.05) is 16.6 Å². The quantitative estimate of drug-likeness (QED) is 0.417. The van der Waals surface area contributed by atoms with Gasteiger partial charge in [-0.3, -0.25) is 9.52 Å². The Morgan fingerprint density at radius 2 is 1.97 bits per heavy atom. The average molecular weight is 486 g/mol. The molecule has 180 valence electrons. The van der Waals surface area contributed by atoms with Gasteiger partial charge in [-0.2, -0.15) is 0 Å². The summed E-state index contributed by atoms with van der Waals surface area (Å²) >= 11 is 0. The number of halogens is 1. The Hall–Kier alpha value is -3.17. The van der Waals surface area contributed by atoms with Gasteiger partial charge in [-0.25, -0.2) is 12.8 Å². The maximum atomic E-state index is 15.6. The Kier molecular flexibility index (Phi) is 5.81. The molecule has 5 N–H and O–H groups in total. The first kappa shape index (κ1) is 24.0. The van der Waals surface area contributed by atoms with Crippen LogP contribution in [0.2, 0.25) is 0 Å². The normalized spacial score (nSPS) is 16.3. The van der Waals surface area contributed by atoms with Crippen molar-refractivity contribution >= 4 is 32.5 Å². The number of rotatable bonds is 6. The lowest BCUT2D eigenvalue weighted by atomic mass is 9.77. The predicted octanol–water partition coefficient (Wildman–Crippen LogP) is 4.22. The number of carbonyl (C=O) groups is 1. The zero-order valence-electron chi connectivity index (χ0n) is 19.3.